The second-order valence-corrected chi connectivity index (χ2v) is 15.8. The van der Waals surface area contributed by atoms with Gasteiger partial charge in [0.15, 0.2) is 0 Å². The molecule has 202 valence electrons. The molecule has 0 aromatic rings. The Morgan fingerprint density at radius 3 is 2.39 bits per heavy atom. The molecular formula is C33H52O3. The molecule has 8 atom stereocenters. The molecule has 4 fully saturated rings. The van der Waals surface area contributed by atoms with Crippen molar-refractivity contribution in [3.63, 3.8) is 0 Å². The van der Waals surface area contributed by atoms with Crippen molar-refractivity contribution in [1.29, 1.82) is 0 Å². The monoisotopic (exact) mass is 496 g/mol. The normalized spacial score (nSPS) is 48.8. The van der Waals surface area contributed by atoms with Crippen molar-refractivity contribution in [2.75, 3.05) is 6.61 Å². The van der Waals surface area contributed by atoms with Crippen LogP contribution < -0.4 is 0 Å². The van der Waals surface area contributed by atoms with E-state index in [-0.39, 0.29) is 50.5 Å². The molecule has 0 heterocycles. The van der Waals surface area contributed by atoms with Crippen LogP contribution in [0.1, 0.15) is 113 Å². The summed E-state index contributed by atoms with van der Waals surface area (Å²) in [4.78, 5) is 13.7. The molecule has 0 saturated heterocycles. The van der Waals surface area contributed by atoms with Crippen LogP contribution in [-0.4, -0.2) is 23.8 Å². The van der Waals surface area contributed by atoms with Gasteiger partial charge in [0.05, 0.1) is 11.5 Å². The van der Waals surface area contributed by atoms with E-state index >= 15 is 0 Å². The molecule has 0 radical (unpaired) electrons. The van der Waals surface area contributed by atoms with Crippen LogP contribution >= 0.6 is 0 Å². The van der Waals surface area contributed by atoms with Gasteiger partial charge in [-0.2, -0.15) is 0 Å². The molecule has 0 aromatic carbocycles. The number of esters is 1. The molecule has 3 unspecified atom stereocenters. The lowest BCUT2D eigenvalue weighted by Crippen LogP contribution is -2.64. The maximum atomic E-state index is 13.7. The Morgan fingerprint density at radius 1 is 1.00 bits per heavy atom. The van der Waals surface area contributed by atoms with Gasteiger partial charge in [0.25, 0.3) is 0 Å². The maximum absolute atomic E-state index is 13.7. The van der Waals surface area contributed by atoms with Crippen LogP contribution in [0.15, 0.2) is 24.3 Å². The average molecular weight is 497 g/mol. The number of hydrogen-bond donors (Lipinski definition) is 1. The van der Waals surface area contributed by atoms with Crippen LogP contribution in [0.2, 0.25) is 0 Å². The van der Waals surface area contributed by atoms with Gasteiger partial charge in [-0.25, -0.2) is 0 Å². The SMILES string of the molecule is C=CCOC(=O)[C@]12CCC(C)(C)CC1C1=CCC3[C@@]4(C)C[C@H](O)CC(C)(C)C4CC[C@@]3(C)[C@]1(C)CC2. The molecule has 0 spiro atoms. The zero-order valence-corrected chi connectivity index (χ0v) is 24.2. The summed E-state index contributed by atoms with van der Waals surface area (Å²) in [5.41, 5.74) is 2.06. The Morgan fingerprint density at radius 2 is 1.69 bits per heavy atom. The molecular weight excluding hydrogens is 444 g/mol. The molecule has 0 amide bonds. The van der Waals surface area contributed by atoms with E-state index in [2.05, 4.69) is 61.1 Å². The summed E-state index contributed by atoms with van der Waals surface area (Å²) in [5, 5.41) is 11.0. The Hall–Kier alpha value is -1.09. The first-order chi connectivity index (χ1) is 16.7. The molecule has 3 nitrogen and oxygen atoms in total. The lowest BCUT2D eigenvalue weighted by molar-refractivity contribution is -0.201. The third-order valence-electron chi connectivity index (χ3n) is 13.0. The zero-order valence-electron chi connectivity index (χ0n) is 24.2. The summed E-state index contributed by atoms with van der Waals surface area (Å²) in [6.45, 7) is 21.4. The first kappa shape index (κ1) is 26.5. The molecule has 5 aliphatic carbocycles. The minimum atomic E-state index is -0.378. The molecule has 1 N–H and O–H groups in total. The third kappa shape index (κ3) is 3.50. The highest BCUT2D eigenvalue weighted by Gasteiger charge is 2.69. The molecule has 5 rings (SSSR count). The number of carbonyl (C=O) groups excluding carboxylic acids is 1. The zero-order chi connectivity index (χ0) is 26.4. The van der Waals surface area contributed by atoms with Crippen molar-refractivity contribution in [3.8, 4) is 0 Å². The molecule has 0 aromatic heterocycles. The summed E-state index contributed by atoms with van der Waals surface area (Å²) in [7, 11) is 0. The van der Waals surface area contributed by atoms with Crippen LogP contribution in [0.25, 0.3) is 0 Å². The topological polar surface area (TPSA) is 46.5 Å². The molecule has 5 aliphatic rings. The second-order valence-electron chi connectivity index (χ2n) is 15.8. The van der Waals surface area contributed by atoms with Gasteiger partial charge in [-0.1, -0.05) is 72.8 Å². The van der Waals surface area contributed by atoms with E-state index in [1.165, 1.54) is 12.8 Å². The molecule has 0 bridgehead atoms. The van der Waals surface area contributed by atoms with E-state index in [9.17, 15) is 9.90 Å². The first-order valence-corrected chi connectivity index (χ1v) is 14.8. The van der Waals surface area contributed by atoms with Crippen molar-refractivity contribution in [3.05, 3.63) is 24.3 Å². The number of ether oxygens (including phenoxy) is 1. The van der Waals surface area contributed by atoms with Gasteiger partial charge in [-0.3, -0.25) is 4.79 Å². The van der Waals surface area contributed by atoms with E-state index in [1.54, 1.807) is 11.6 Å². The van der Waals surface area contributed by atoms with Crippen LogP contribution in [0.3, 0.4) is 0 Å². The first-order valence-electron chi connectivity index (χ1n) is 14.8. The van der Waals surface area contributed by atoms with Gasteiger partial charge in [-0.15, -0.1) is 0 Å². The molecule has 4 saturated carbocycles. The summed E-state index contributed by atoms with van der Waals surface area (Å²) in [5.74, 6) is 1.53. The maximum Gasteiger partial charge on any atom is 0.312 e. The van der Waals surface area contributed by atoms with Crippen molar-refractivity contribution in [2.24, 2.45) is 50.2 Å². The van der Waals surface area contributed by atoms with E-state index in [0.29, 0.717) is 18.4 Å². The summed E-state index contributed by atoms with van der Waals surface area (Å²) < 4.78 is 5.81. The Labute approximate surface area is 220 Å². The van der Waals surface area contributed by atoms with E-state index < -0.39 is 0 Å². The van der Waals surface area contributed by atoms with Crippen molar-refractivity contribution < 1.29 is 14.6 Å². The Kier molecular flexibility index (Phi) is 6.04. The molecule has 3 heteroatoms. The van der Waals surface area contributed by atoms with E-state index in [0.717, 1.165) is 51.4 Å². The number of carbonyl (C=O) groups is 1. The number of allylic oxidation sites excluding steroid dienone is 2. The van der Waals surface area contributed by atoms with E-state index in [4.69, 9.17) is 4.74 Å². The largest absolute Gasteiger partial charge is 0.461 e. The predicted octanol–water partition coefficient (Wildman–Crippen LogP) is 7.88. The van der Waals surface area contributed by atoms with Gasteiger partial charge in [0, 0.05) is 0 Å². The number of fused-ring (bicyclic) bond motifs is 7. The van der Waals surface area contributed by atoms with Crippen molar-refractivity contribution in [2.45, 2.75) is 119 Å². The third-order valence-corrected chi connectivity index (χ3v) is 13.0. The highest BCUT2D eigenvalue weighted by molar-refractivity contribution is 5.79. The highest BCUT2D eigenvalue weighted by Crippen LogP contribution is 2.75. The fourth-order valence-corrected chi connectivity index (χ4v) is 11.2. The van der Waals surface area contributed by atoms with Gasteiger partial charge < -0.3 is 9.84 Å². The predicted molar refractivity (Wildman–Crippen MR) is 146 cm³/mol. The van der Waals surface area contributed by atoms with Crippen molar-refractivity contribution in [1.82, 2.24) is 0 Å². The Bertz CT molecular complexity index is 960. The molecule has 0 aliphatic heterocycles. The Balaban J connectivity index is 1.58. The number of aliphatic hydroxyl groups excluding tert-OH is 1. The van der Waals surface area contributed by atoms with Crippen LogP contribution in [0.4, 0.5) is 0 Å². The van der Waals surface area contributed by atoms with Gasteiger partial charge in [-0.05, 0) is 109 Å². The minimum Gasteiger partial charge on any atom is -0.461 e. The number of rotatable bonds is 3. The quantitative estimate of drug-likeness (QED) is 0.319. The molecule has 36 heavy (non-hydrogen) atoms. The fourth-order valence-electron chi connectivity index (χ4n) is 11.2. The van der Waals surface area contributed by atoms with E-state index in [1.807, 2.05) is 0 Å². The van der Waals surface area contributed by atoms with Crippen LogP contribution in [0.5, 0.6) is 0 Å². The minimum absolute atomic E-state index is 0.0194. The summed E-state index contributed by atoms with van der Waals surface area (Å²) >= 11 is 0. The van der Waals surface area contributed by atoms with Gasteiger partial charge >= 0.3 is 5.97 Å². The number of hydrogen-bond acceptors (Lipinski definition) is 3. The second kappa shape index (κ2) is 8.20. The average Bonchev–Trinajstić information content (AvgIpc) is 2.76. The fraction of sp³-hybridized carbons (Fsp3) is 0.848. The summed E-state index contributed by atoms with van der Waals surface area (Å²) in [6.07, 6.45) is 14.7. The highest BCUT2D eigenvalue weighted by atomic mass is 16.5. The lowest BCUT2D eigenvalue weighted by atomic mass is 9.33. The lowest BCUT2D eigenvalue weighted by Gasteiger charge is -2.71. The van der Waals surface area contributed by atoms with Gasteiger partial charge in [0.2, 0.25) is 0 Å². The van der Waals surface area contributed by atoms with Crippen LogP contribution in [0, 0.1) is 50.2 Å². The van der Waals surface area contributed by atoms with Gasteiger partial charge in [0.1, 0.15) is 6.61 Å². The van der Waals surface area contributed by atoms with Crippen molar-refractivity contribution >= 4 is 5.97 Å². The smallest absolute Gasteiger partial charge is 0.312 e. The van der Waals surface area contributed by atoms with Crippen LogP contribution in [-0.2, 0) is 9.53 Å². The summed E-state index contributed by atoms with van der Waals surface area (Å²) in [6, 6.07) is 0. The number of aliphatic hydroxyl groups is 1. The standard InChI is InChI=1S/C33H52O3/c1-9-18-36-27(35)33-16-14-28(2,3)21-24(33)23-10-11-26-30(6)20-22(34)19-29(4,5)25(30)12-13-32(26,8)31(23,7)15-17-33/h9-10,22,24-26,34H,1,11-21H2,2-8H3/t22-,24?,25?,26?,30+,31-,32-,33+/m1/s1.